The normalized spacial score (nSPS) is 15.4. The van der Waals surface area contributed by atoms with Crippen molar-refractivity contribution in [2.24, 2.45) is 5.92 Å². The van der Waals surface area contributed by atoms with Crippen molar-refractivity contribution in [3.05, 3.63) is 0 Å². The van der Waals surface area contributed by atoms with E-state index in [9.17, 15) is 5.11 Å². The number of aliphatic hydroxyl groups excluding tert-OH is 1. The van der Waals surface area contributed by atoms with E-state index in [1.807, 2.05) is 0 Å². The van der Waals surface area contributed by atoms with Crippen LogP contribution in [0.2, 0.25) is 0 Å². The molecule has 98 valence electrons. The molecule has 0 aromatic rings. The van der Waals surface area contributed by atoms with Gasteiger partial charge in [-0.3, -0.25) is 0 Å². The van der Waals surface area contributed by atoms with Crippen molar-refractivity contribution in [3.8, 4) is 0 Å². The van der Waals surface area contributed by atoms with Gasteiger partial charge in [0.25, 0.3) is 0 Å². The fourth-order valence-electron chi connectivity index (χ4n) is 2.05. The van der Waals surface area contributed by atoms with Gasteiger partial charge in [0.15, 0.2) is 0 Å². The average Bonchev–Trinajstić information content (AvgIpc) is 2.30. The largest absolute Gasteiger partial charge is 0.395 e. The molecular weight excluding hydrogens is 200 g/mol. The van der Waals surface area contributed by atoms with Crippen molar-refractivity contribution >= 4 is 0 Å². The zero-order valence-corrected chi connectivity index (χ0v) is 11.5. The van der Waals surface area contributed by atoms with Gasteiger partial charge in [-0.25, -0.2) is 0 Å². The number of rotatable bonds is 10. The summed E-state index contributed by atoms with van der Waals surface area (Å²) in [6, 6.07) is 0.260. The number of hydrogen-bond acceptors (Lipinski definition) is 3. The van der Waals surface area contributed by atoms with Crippen LogP contribution in [0.3, 0.4) is 0 Å². The smallest absolute Gasteiger partial charge is 0.0587 e. The number of nitrogens with zero attached hydrogens (tertiary/aromatic N) is 1. The van der Waals surface area contributed by atoms with Crippen LogP contribution in [0, 0.1) is 5.92 Å². The first-order valence-electron chi connectivity index (χ1n) is 6.76. The van der Waals surface area contributed by atoms with E-state index in [0.29, 0.717) is 5.92 Å². The molecule has 0 saturated carbocycles. The van der Waals surface area contributed by atoms with Crippen LogP contribution >= 0.6 is 0 Å². The fourth-order valence-corrected chi connectivity index (χ4v) is 2.05. The molecule has 3 nitrogen and oxygen atoms in total. The van der Waals surface area contributed by atoms with Crippen LogP contribution in [0.15, 0.2) is 0 Å². The van der Waals surface area contributed by atoms with E-state index in [2.05, 4.69) is 37.9 Å². The minimum Gasteiger partial charge on any atom is -0.395 e. The molecule has 2 atom stereocenters. The van der Waals surface area contributed by atoms with Gasteiger partial charge in [0, 0.05) is 19.1 Å². The van der Waals surface area contributed by atoms with Gasteiger partial charge in [-0.1, -0.05) is 34.1 Å². The summed E-state index contributed by atoms with van der Waals surface area (Å²) in [7, 11) is 0. The highest BCUT2D eigenvalue weighted by atomic mass is 16.3. The topological polar surface area (TPSA) is 35.5 Å². The lowest BCUT2D eigenvalue weighted by Gasteiger charge is -2.25. The molecule has 0 aliphatic rings. The summed E-state index contributed by atoms with van der Waals surface area (Å²) in [5.41, 5.74) is 0. The Kier molecular flexibility index (Phi) is 9.99. The Morgan fingerprint density at radius 2 is 1.81 bits per heavy atom. The lowest BCUT2D eigenvalue weighted by atomic mass is 9.97. The van der Waals surface area contributed by atoms with Crippen molar-refractivity contribution in [1.29, 1.82) is 0 Å². The van der Waals surface area contributed by atoms with Crippen LogP contribution in [0.4, 0.5) is 0 Å². The molecule has 0 aromatic heterocycles. The van der Waals surface area contributed by atoms with Crippen LogP contribution in [0.25, 0.3) is 0 Å². The SMILES string of the molecule is CCCC(C)C(CO)NCCN(CC)CC. The maximum Gasteiger partial charge on any atom is 0.0587 e. The van der Waals surface area contributed by atoms with E-state index < -0.39 is 0 Å². The molecule has 0 amide bonds. The minimum absolute atomic E-state index is 0.249. The standard InChI is InChI=1S/C13H30N2O/c1-5-8-12(4)13(11-16)14-9-10-15(6-2)7-3/h12-14,16H,5-11H2,1-4H3. The van der Waals surface area contributed by atoms with Gasteiger partial charge in [-0.2, -0.15) is 0 Å². The van der Waals surface area contributed by atoms with Crippen molar-refractivity contribution < 1.29 is 5.11 Å². The van der Waals surface area contributed by atoms with Crippen LogP contribution in [-0.4, -0.2) is 48.8 Å². The Balaban J connectivity index is 3.77. The molecule has 0 aliphatic carbocycles. The number of nitrogens with one attached hydrogen (secondary N) is 1. The van der Waals surface area contributed by atoms with Gasteiger partial charge < -0.3 is 15.3 Å². The van der Waals surface area contributed by atoms with Crippen molar-refractivity contribution in [2.45, 2.75) is 46.6 Å². The monoisotopic (exact) mass is 230 g/mol. The highest BCUT2D eigenvalue weighted by Gasteiger charge is 2.14. The number of hydrogen-bond donors (Lipinski definition) is 2. The third kappa shape index (κ3) is 6.46. The summed E-state index contributed by atoms with van der Waals surface area (Å²) in [5, 5.41) is 12.8. The highest BCUT2D eigenvalue weighted by molar-refractivity contribution is 4.72. The lowest BCUT2D eigenvalue weighted by molar-refractivity contribution is 0.192. The summed E-state index contributed by atoms with van der Waals surface area (Å²) in [5.74, 6) is 0.562. The highest BCUT2D eigenvalue weighted by Crippen LogP contribution is 2.09. The number of likely N-dealkylation sites (N-methyl/N-ethyl adjacent to an activating group) is 1. The predicted octanol–water partition coefficient (Wildman–Crippen LogP) is 1.71. The maximum absolute atomic E-state index is 9.33. The zero-order valence-electron chi connectivity index (χ0n) is 11.5. The van der Waals surface area contributed by atoms with E-state index in [1.165, 1.54) is 12.8 Å². The molecule has 0 aromatic carbocycles. The zero-order chi connectivity index (χ0) is 12.4. The molecule has 2 unspecified atom stereocenters. The predicted molar refractivity (Wildman–Crippen MR) is 70.7 cm³/mol. The maximum atomic E-state index is 9.33. The Bertz CT molecular complexity index is 149. The Morgan fingerprint density at radius 3 is 2.25 bits per heavy atom. The molecule has 0 bridgehead atoms. The quantitative estimate of drug-likeness (QED) is 0.600. The van der Waals surface area contributed by atoms with Gasteiger partial charge in [-0.15, -0.1) is 0 Å². The first kappa shape index (κ1) is 15.9. The summed E-state index contributed by atoms with van der Waals surface area (Å²) in [6.07, 6.45) is 2.37. The second kappa shape index (κ2) is 10.1. The van der Waals surface area contributed by atoms with E-state index >= 15 is 0 Å². The average molecular weight is 230 g/mol. The summed E-state index contributed by atoms with van der Waals surface area (Å²) in [4.78, 5) is 2.39. The van der Waals surface area contributed by atoms with E-state index in [0.717, 1.165) is 26.2 Å². The van der Waals surface area contributed by atoms with Crippen LogP contribution < -0.4 is 5.32 Å². The van der Waals surface area contributed by atoms with Gasteiger partial charge in [-0.05, 0) is 25.4 Å². The first-order valence-corrected chi connectivity index (χ1v) is 6.76. The molecule has 0 heterocycles. The van der Waals surface area contributed by atoms with Gasteiger partial charge >= 0.3 is 0 Å². The van der Waals surface area contributed by atoms with Crippen LogP contribution in [0.5, 0.6) is 0 Å². The molecule has 2 N–H and O–H groups in total. The number of aliphatic hydroxyl groups is 1. The Labute approximate surface area is 101 Å². The van der Waals surface area contributed by atoms with Crippen molar-refractivity contribution in [2.75, 3.05) is 32.8 Å². The molecule has 0 radical (unpaired) electrons. The molecule has 3 heteroatoms. The van der Waals surface area contributed by atoms with Crippen molar-refractivity contribution in [1.82, 2.24) is 10.2 Å². The second-order valence-electron chi connectivity index (χ2n) is 4.54. The van der Waals surface area contributed by atoms with Crippen LogP contribution in [-0.2, 0) is 0 Å². The Morgan fingerprint density at radius 1 is 1.19 bits per heavy atom. The third-order valence-corrected chi connectivity index (χ3v) is 3.36. The second-order valence-corrected chi connectivity index (χ2v) is 4.54. The summed E-state index contributed by atoms with van der Waals surface area (Å²) in [6.45, 7) is 13.3. The lowest BCUT2D eigenvalue weighted by Crippen LogP contribution is -2.42. The Hall–Kier alpha value is -0.120. The summed E-state index contributed by atoms with van der Waals surface area (Å²) >= 11 is 0. The van der Waals surface area contributed by atoms with Gasteiger partial charge in [0.05, 0.1) is 6.61 Å². The molecule has 16 heavy (non-hydrogen) atoms. The minimum atomic E-state index is 0.249. The fraction of sp³-hybridized carbons (Fsp3) is 1.00. The molecule has 0 aliphatic heterocycles. The molecular formula is C13H30N2O. The van der Waals surface area contributed by atoms with E-state index in [-0.39, 0.29) is 12.6 Å². The third-order valence-electron chi connectivity index (χ3n) is 3.36. The molecule has 0 saturated heterocycles. The summed E-state index contributed by atoms with van der Waals surface area (Å²) < 4.78 is 0. The van der Waals surface area contributed by atoms with Gasteiger partial charge in [0.1, 0.15) is 0 Å². The van der Waals surface area contributed by atoms with E-state index in [4.69, 9.17) is 0 Å². The first-order chi connectivity index (χ1) is 7.69. The van der Waals surface area contributed by atoms with Crippen LogP contribution in [0.1, 0.15) is 40.5 Å². The molecule has 0 spiro atoms. The molecule has 0 fully saturated rings. The van der Waals surface area contributed by atoms with Gasteiger partial charge in [0.2, 0.25) is 0 Å². The molecule has 0 rings (SSSR count). The van der Waals surface area contributed by atoms with Crippen molar-refractivity contribution in [3.63, 3.8) is 0 Å². The van der Waals surface area contributed by atoms with E-state index in [1.54, 1.807) is 0 Å².